The maximum absolute atomic E-state index is 3.46. The van der Waals surface area contributed by atoms with Gasteiger partial charge in [-0.15, -0.1) is 0 Å². The molecule has 19 heavy (non-hydrogen) atoms. The summed E-state index contributed by atoms with van der Waals surface area (Å²) in [5.41, 5.74) is 2.84. The maximum Gasteiger partial charge on any atom is 0.0236 e. The Hall–Kier alpha value is -0.860. The number of hydrogen-bond acceptors (Lipinski definition) is 2. The molecular formula is C17H28N2. The van der Waals surface area contributed by atoms with E-state index < -0.39 is 0 Å². The number of hydrogen-bond donors (Lipinski definition) is 1. The fourth-order valence-corrected chi connectivity index (χ4v) is 3.09. The third-order valence-electron chi connectivity index (χ3n) is 4.12. The highest BCUT2D eigenvalue weighted by molar-refractivity contribution is 5.22. The van der Waals surface area contributed by atoms with E-state index in [0.29, 0.717) is 0 Å². The molecule has 0 saturated carbocycles. The van der Waals surface area contributed by atoms with Crippen molar-refractivity contribution in [3.8, 4) is 0 Å². The molecule has 1 aliphatic heterocycles. The first-order valence-electron chi connectivity index (χ1n) is 7.80. The first kappa shape index (κ1) is 14.5. The molecule has 0 bridgehead atoms. The van der Waals surface area contributed by atoms with Crippen LogP contribution in [0.2, 0.25) is 0 Å². The fraction of sp³-hybridized carbons (Fsp3) is 0.647. The predicted molar refractivity (Wildman–Crippen MR) is 82.4 cm³/mol. The zero-order valence-electron chi connectivity index (χ0n) is 12.5. The summed E-state index contributed by atoms with van der Waals surface area (Å²) in [6.45, 7) is 9.01. The third-order valence-corrected chi connectivity index (χ3v) is 4.12. The minimum absolute atomic E-state index is 0.772. The van der Waals surface area contributed by atoms with E-state index in [2.05, 4.69) is 48.3 Å². The van der Waals surface area contributed by atoms with Gasteiger partial charge in [-0.25, -0.2) is 0 Å². The first-order valence-corrected chi connectivity index (χ1v) is 7.80. The predicted octanol–water partition coefficient (Wildman–Crippen LogP) is 3.35. The van der Waals surface area contributed by atoms with Crippen LogP contribution in [0, 0.1) is 6.92 Å². The highest BCUT2D eigenvalue weighted by Crippen LogP contribution is 2.22. The van der Waals surface area contributed by atoms with Gasteiger partial charge in [0.2, 0.25) is 0 Å². The minimum Gasteiger partial charge on any atom is -0.317 e. The summed E-state index contributed by atoms with van der Waals surface area (Å²) in [5.74, 6) is 0. The monoisotopic (exact) mass is 260 g/mol. The van der Waals surface area contributed by atoms with Crippen LogP contribution in [0.5, 0.6) is 0 Å². The van der Waals surface area contributed by atoms with Crippen molar-refractivity contribution in [2.75, 3.05) is 19.6 Å². The molecule has 1 heterocycles. The van der Waals surface area contributed by atoms with Crippen LogP contribution in [-0.2, 0) is 6.54 Å². The van der Waals surface area contributed by atoms with Gasteiger partial charge in [-0.1, -0.05) is 43.2 Å². The molecule has 1 aromatic carbocycles. The van der Waals surface area contributed by atoms with E-state index in [4.69, 9.17) is 0 Å². The van der Waals surface area contributed by atoms with Gasteiger partial charge >= 0.3 is 0 Å². The van der Waals surface area contributed by atoms with E-state index in [0.717, 1.165) is 25.7 Å². The number of benzene rings is 1. The average Bonchev–Trinajstić information content (AvgIpc) is 2.41. The van der Waals surface area contributed by atoms with Crippen LogP contribution in [0.1, 0.15) is 43.7 Å². The lowest BCUT2D eigenvalue weighted by Gasteiger charge is -2.36. The van der Waals surface area contributed by atoms with E-state index in [1.165, 1.54) is 43.4 Å². The summed E-state index contributed by atoms with van der Waals surface area (Å²) in [5, 5.41) is 3.46. The number of nitrogens with one attached hydrogen (secondary N) is 1. The maximum atomic E-state index is 3.46. The molecule has 0 spiro atoms. The van der Waals surface area contributed by atoms with Gasteiger partial charge < -0.3 is 5.32 Å². The van der Waals surface area contributed by atoms with Gasteiger partial charge in [0, 0.05) is 12.6 Å². The van der Waals surface area contributed by atoms with Crippen LogP contribution in [0.15, 0.2) is 24.3 Å². The van der Waals surface area contributed by atoms with Crippen molar-refractivity contribution < 1.29 is 0 Å². The molecule has 1 aliphatic rings. The normalized spacial score (nSPS) is 20.6. The zero-order chi connectivity index (χ0) is 13.5. The van der Waals surface area contributed by atoms with Gasteiger partial charge in [-0.3, -0.25) is 4.90 Å². The smallest absolute Gasteiger partial charge is 0.0236 e. The third kappa shape index (κ3) is 4.63. The highest BCUT2D eigenvalue weighted by atomic mass is 15.2. The molecule has 0 aliphatic carbocycles. The van der Waals surface area contributed by atoms with E-state index in [1.54, 1.807) is 0 Å². The van der Waals surface area contributed by atoms with Crippen LogP contribution in [-0.4, -0.2) is 30.6 Å². The van der Waals surface area contributed by atoms with Gasteiger partial charge in [0.25, 0.3) is 0 Å². The molecule has 2 nitrogen and oxygen atoms in total. The molecule has 0 aromatic heterocycles. The second-order valence-electron chi connectivity index (χ2n) is 5.75. The van der Waals surface area contributed by atoms with E-state index in [9.17, 15) is 0 Å². The molecule has 1 fully saturated rings. The van der Waals surface area contributed by atoms with Gasteiger partial charge in [0.15, 0.2) is 0 Å². The second kappa shape index (κ2) is 7.66. The molecule has 1 N–H and O–H groups in total. The van der Waals surface area contributed by atoms with Crippen molar-refractivity contribution >= 4 is 0 Å². The SMILES string of the molecule is CCNCCC1CCCCN1Cc1cccc(C)c1. The Morgan fingerprint density at radius 2 is 2.21 bits per heavy atom. The summed E-state index contributed by atoms with van der Waals surface area (Å²) in [6.07, 6.45) is 5.43. The van der Waals surface area contributed by atoms with Crippen LogP contribution in [0.25, 0.3) is 0 Å². The van der Waals surface area contributed by atoms with Crippen LogP contribution in [0.3, 0.4) is 0 Å². The van der Waals surface area contributed by atoms with Crippen molar-refractivity contribution in [1.29, 1.82) is 0 Å². The summed E-state index contributed by atoms with van der Waals surface area (Å²) in [7, 11) is 0. The Bertz CT molecular complexity index is 375. The molecular weight excluding hydrogens is 232 g/mol. The summed E-state index contributed by atoms with van der Waals surface area (Å²) in [4.78, 5) is 2.69. The summed E-state index contributed by atoms with van der Waals surface area (Å²) in [6, 6.07) is 9.73. The number of likely N-dealkylation sites (tertiary alicyclic amines) is 1. The molecule has 1 saturated heterocycles. The lowest BCUT2D eigenvalue weighted by Crippen LogP contribution is -2.40. The number of piperidine rings is 1. The van der Waals surface area contributed by atoms with Crippen molar-refractivity contribution in [1.82, 2.24) is 10.2 Å². The van der Waals surface area contributed by atoms with Gasteiger partial charge in [0.05, 0.1) is 0 Å². The topological polar surface area (TPSA) is 15.3 Å². The van der Waals surface area contributed by atoms with Gasteiger partial charge in [-0.05, 0) is 51.4 Å². The Labute approximate surface area is 118 Å². The van der Waals surface area contributed by atoms with Gasteiger partial charge in [0.1, 0.15) is 0 Å². The van der Waals surface area contributed by atoms with Crippen LogP contribution >= 0.6 is 0 Å². The fourth-order valence-electron chi connectivity index (χ4n) is 3.09. The number of nitrogens with zero attached hydrogens (tertiary/aromatic N) is 1. The van der Waals surface area contributed by atoms with E-state index in [1.807, 2.05) is 0 Å². The van der Waals surface area contributed by atoms with E-state index >= 15 is 0 Å². The number of rotatable bonds is 6. The zero-order valence-corrected chi connectivity index (χ0v) is 12.5. The van der Waals surface area contributed by atoms with Gasteiger partial charge in [-0.2, -0.15) is 0 Å². The molecule has 2 heteroatoms. The minimum atomic E-state index is 0.772. The summed E-state index contributed by atoms with van der Waals surface area (Å²) >= 11 is 0. The molecule has 0 radical (unpaired) electrons. The molecule has 0 amide bonds. The molecule has 2 rings (SSSR count). The lowest BCUT2D eigenvalue weighted by molar-refractivity contribution is 0.132. The Morgan fingerprint density at radius 3 is 3.00 bits per heavy atom. The van der Waals surface area contributed by atoms with Crippen LogP contribution in [0.4, 0.5) is 0 Å². The molecule has 106 valence electrons. The molecule has 1 atom stereocenters. The van der Waals surface area contributed by atoms with Crippen LogP contribution < -0.4 is 5.32 Å². The Balaban J connectivity index is 1.91. The lowest BCUT2D eigenvalue weighted by atomic mass is 9.98. The van der Waals surface area contributed by atoms with Crippen molar-refractivity contribution in [3.05, 3.63) is 35.4 Å². The quantitative estimate of drug-likeness (QED) is 0.789. The standard InChI is InChI=1S/C17H28N2/c1-3-18-11-10-17-9-4-5-12-19(17)14-16-8-6-7-15(2)13-16/h6-8,13,17-18H,3-5,9-12,14H2,1-2H3. The Morgan fingerprint density at radius 1 is 1.32 bits per heavy atom. The van der Waals surface area contributed by atoms with Crippen molar-refractivity contribution in [2.24, 2.45) is 0 Å². The largest absolute Gasteiger partial charge is 0.317 e. The number of aryl methyl sites for hydroxylation is 1. The second-order valence-corrected chi connectivity index (χ2v) is 5.75. The summed E-state index contributed by atoms with van der Waals surface area (Å²) < 4.78 is 0. The molecule has 1 aromatic rings. The highest BCUT2D eigenvalue weighted by Gasteiger charge is 2.21. The molecule has 1 unspecified atom stereocenters. The first-order chi connectivity index (χ1) is 9.29. The van der Waals surface area contributed by atoms with Crippen molar-refractivity contribution in [3.63, 3.8) is 0 Å². The van der Waals surface area contributed by atoms with Crippen molar-refractivity contribution in [2.45, 2.75) is 52.1 Å². The Kier molecular flexibility index (Phi) is 5.87. The average molecular weight is 260 g/mol. The van der Waals surface area contributed by atoms with E-state index in [-0.39, 0.29) is 0 Å².